The predicted octanol–water partition coefficient (Wildman–Crippen LogP) is 5.36. The molecule has 0 spiro atoms. The van der Waals surface area contributed by atoms with Crippen LogP contribution in [0.1, 0.15) is 33.0 Å². The molecular weight excluding hydrogens is 362 g/mol. The van der Waals surface area contributed by atoms with Crippen molar-refractivity contribution in [2.75, 3.05) is 0 Å². The lowest BCUT2D eigenvalue weighted by molar-refractivity contribution is 0.0958. The van der Waals surface area contributed by atoms with Crippen LogP contribution in [0, 0.1) is 6.92 Å². The fourth-order valence-corrected chi connectivity index (χ4v) is 3.16. The van der Waals surface area contributed by atoms with E-state index in [1.54, 1.807) is 24.5 Å². The molecule has 1 atom stereocenters. The van der Waals surface area contributed by atoms with Gasteiger partial charge in [-0.05, 0) is 54.3 Å². The Morgan fingerprint density at radius 2 is 1.67 bits per heavy atom. The molecule has 3 heteroatoms. The molecule has 120 valence electrons. The van der Waals surface area contributed by atoms with Crippen LogP contribution >= 0.6 is 15.9 Å². The molecule has 0 saturated carbocycles. The maximum absolute atomic E-state index is 13.1. The van der Waals surface area contributed by atoms with Crippen LogP contribution in [0.25, 0.3) is 0 Å². The van der Waals surface area contributed by atoms with Crippen molar-refractivity contribution in [1.29, 1.82) is 0 Å². The van der Waals surface area contributed by atoms with E-state index in [0.717, 1.165) is 21.2 Å². The molecule has 0 radical (unpaired) electrons. The van der Waals surface area contributed by atoms with Crippen molar-refractivity contribution in [1.82, 2.24) is 4.98 Å². The Kier molecular flexibility index (Phi) is 5.21. The van der Waals surface area contributed by atoms with Crippen LogP contribution in [-0.4, -0.2) is 10.8 Å². The zero-order valence-electron chi connectivity index (χ0n) is 13.4. The summed E-state index contributed by atoms with van der Waals surface area (Å²) in [7, 11) is 0. The highest BCUT2D eigenvalue weighted by molar-refractivity contribution is 9.10. The van der Waals surface area contributed by atoms with Crippen molar-refractivity contribution in [3.8, 4) is 0 Å². The van der Waals surface area contributed by atoms with Gasteiger partial charge in [0.1, 0.15) is 0 Å². The van der Waals surface area contributed by atoms with Crippen molar-refractivity contribution in [2.45, 2.75) is 19.3 Å². The Morgan fingerprint density at radius 3 is 2.33 bits per heavy atom. The lowest BCUT2D eigenvalue weighted by atomic mass is 9.84. The Labute approximate surface area is 150 Å². The SMILES string of the molecule is Cc1ccccc1C(Cc1ccc(Br)cc1)C(=O)c1ccncc1. The number of carbonyl (C=O) groups is 1. The number of aromatic nitrogens is 1. The maximum Gasteiger partial charge on any atom is 0.170 e. The summed E-state index contributed by atoms with van der Waals surface area (Å²) in [5.74, 6) is -0.0654. The number of benzene rings is 2. The van der Waals surface area contributed by atoms with Crippen LogP contribution in [0.4, 0.5) is 0 Å². The summed E-state index contributed by atoms with van der Waals surface area (Å²) < 4.78 is 1.04. The summed E-state index contributed by atoms with van der Waals surface area (Å²) in [6.07, 6.45) is 4.02. The van der Waals surface area contributed by atoms with Gasteiger partial charge in [0, 0.05) is 22.4 Å². The highest BCUT2D eigenvalue weighted by atomic mass is 79.9. The van der Waals surface area contributed by atoms with Gasteiger partial charge in [0.15, 0.2) is 5.78 Å². The van der Waals surface area contributed by atoms with E-state index in [0.29, 0.717) is 12.0 Å². The number of hydrogen-bond donors (Lipinski definition) is 0. The molecule has 0 bridgehead atoms. The van der Waals surface area contributed by atoms with Crippen molar-refractivity contribution in [3.63, 3.8) is 0 Å². The second-order valence-corrected chi connectivity index (χ2v) is 6.76. The number of ketones is 1. The molecule has 2 nitrogen and oxygen atoms in total. The van der Waals surface area contributed by atoms with Gasteiger partial charge in [0.05, 0.1) is 5.92 Å². The van der Waals surface area contributed by atoms with Gasteiger partial charge >= 0.3 is 0 Å². The zero-order chi connectivity index (χ0) is 16.9. The third-order valence-electron chi connectivity index (χ3n) is 4.20. The lowest BCUT2D eigenvalue weighted by Crippen LogP contribution is -2.17. The zero-order valence-corrected chi connectivity index (χ0v) is 15.0. The number of Topliss-reactive ketones (excluding diaryl/α,β-unsaturated/α-hetero) is 1. The number of halogens is 1. The summed E-state index contributed by atoms with van der Waals surface area (Å²) >= 11 is 3.46. The van der Waals surface area contributed by atoms with E-state index in [-0.39, 0.29) is 11.7 Å². The fraction of sp³-hybridized carbons (Fsp3) is 0.143. The number of rotatable bonds is 5. The van der Waals surface area contributed by atoms with Crippen LogP contribution < -0.4 is 0 Å². The third-order valence-corrected chi connectivity index (χ3v) is 4.73. The average molecular weight is 380 g/mol. The molecule has 3 rings (SSSR count). The molecule has 0 N–H and O–H groups in total. The van der Waals surface area contributed by atoms with Gasteiger partial charge in [0.2, 0.25) is 0 Å². The molecule has 1 unspecified atom stereocenters. The Balaban J connectivity index is 1.99. The van der Waals surface area contributed by atoms with Crippen molar-refractivity contribution < 1.29 is 4.79 Å². The monoisotopic (exact) mass is 379 g/mol. The average Bonchev–Trinajstić information content (AvgIpc) is 2.62. The highest BCUT2D eigenvalue weighted by Crippen LogP contribution is 2.28. The van der Waals surface area contributed by atoms with Gasteiger partial charge in [-0.15, -0.1) is 0 Å². The first-order valence-electron chi connectivity index (χ1n) is 7.89. The maximum atomic E-state index is 13.1. The minimum Gasteiger partial charge on any atom is -0.293 e. The van der Waals surface area contributed by atoms with E-state index in [2.05, 4.69) is 52.1 Å². The van der Waals surface area contributed by atoms with Crippen molar-refractivity contribution >= 4 is 21.7 Å². The van der Waals surface area contributed by atoms with Crippen LogP contribution in [0.15, 0.2) is 77.5 Å². The number of nitrogens with zero attached hydrogens (tertiary/aromatic N) is 1. The topological polar surface area (TPSA) is 30.0 Å². The van der Waals surface area contributed by atoms with Crippen LogP contribution in [0.5, 0.6) is 0 Å². The third kappa shape index (κ3) is 3.80. The van der Waals surface area contributed by atoms with E-state index in [1.807, 2.05) is 24.3 Å². The molecule has 2 aromatic carbocycles. The number of aryl methyl sites for hydroxylation is 1. The number of carbonyl (C=O) groups excluding carboxylic acids is 1. The van der Waals surface area contributed by atoms with E-state index in [9.17, 15) is 4.79 Å². The summed E-state index contributed by atoms with van der Waals surface area (Å²) in [5, 5.41) is 0. The molecule has 0 amide bonds. The molecule has 0 aliphatic rings. The Hall–Kier alpha value is -2.26. The number of hydrogen-bond acceptors (Lipinski definition) is 2. The largest absolute Gasteiger partial charge is 0.293 e. The summed E-state index contributed by atoms with van der Waals surface area (Å²) in [6.45, 7) is 2.06. The molecular formula is C21H18BrNO. The lowest BCUT2D eigenvalue weighted by Gasteiger charge is -2.19. The van der Waals surface area contributed by atoms with E-state index >= 15 is 0 Å². The van der Waals surface area contributed by atoms with Gasteiger partial charge < -0.3 is 0 Å². The minimum atomic E-state index is -0.199. The molecule has 0 fully saturated rings. The Bertz CT molecular complexity index is 828. The van der Waals surface area contributed by atoms with Gasteiger partial charge in [-0.25, -0.2) is 0 Å². The van der Waals surface area contributed by atoms with E-state index in [1.165, 1.54) is 0 Å². The van der Waals surface area contributed by atoms with Crippen molar-refractivity contribution in [2.24, 2.45) is 0 Å². The van der Waals surface area contributed by atoms with Gasteiger partial charge in [-0.2, -0.15) is 0 Å². The molecule has 3 aromatic rings. The van der Waals surface area contributed by atoms with E-state index in [4.69, 9.17) is 0 Å². The fourth-order valence-electron chi connectivity index (χ4n) is 2.90. The second kappa shape index (κ2) is 7.54. The summed E-state index contributed by atoms with van der Waals surface area (Å²) in [4.78, 5) is 17.1. The second-order valence-electron chi connectivity index (χ2n) is 5.84. The normalized spacial score (nSPS) is 11.9. The summed E-state index contributed by atoms with van der Waals surface area (Å²) in [6, 6.07) is 19.8. The first-order valence-corrected chi connectivity index (χ1v) is 8.68. The quantitative estimate of drug-likeness (QED) is 0.558. The standard InChI is InChI=1S/C21H18BrNO/c1-15-4-2-3-5-19(15)20(14-16-6-8-18(22)9-7-16)21(24)17-10-12-23-13-11-17/h2-13,20H,14H2,1H3. The molecule has 0 aliphatic heterocycles. The highest BCUT2D eigenvalue weighted by Gasteiger charge is 2.23. The van der Waals surface area contributed by atoms with Crippen molar-refractivity contribution in [3.05, 3.63) is 99.8 Å². The van der Waals surface area contributed by atoms with Gasteiger partial charge in [-0.3, -0.25) is 9.78 Å². The van der Waals surface area contributed by atoms with Crippen LogP contribution in [-0.2, 0) is 6.42 Å². The molecule has 0 aliphatic carbocycles. The predicted molar refractivity (Wildman–Crippen MR) is 100 cm³/mol. The van der Waals surface area contributed by atoms with Gasteiger partial charge in [0.25, 0.3) is 0 Å². The first kappa shape index (κ1) is 16.6. The molecule has 24 heavy (non-hydrogen) atoms. The minimum absolute atomic E-state index is 0.134. The summed E-state index contributed by atoms with van der Waals surface area (Å²) in [5.41, 5.74) is 4.08. The molecule has 0 saturated heterocycles. The smallest absolute Gasteiger partial charge is 0.170 e. The Morgan fingerprint density at radius 1 is 1.00 bits per heavy atom. The van der Waals surface area contributed by atoms with E-state index < -0.39 is 0 Å². The molecule has 1 aromatic heterocycles. The number of pyridine rings is 1. The molecule has 1 heterocycles. The van der Waals surface area contributed by atoms with Gasteiger partial charge in [-0.1, -0.05) is 52.3 Å². The van der Waals surface area contributed by atoms with Crippen LogP contribution in [0.3, 0.4) is 0 Å². The first-order chi connectivity index (χ1) is 11.6. The van der Waals surface area contributed by atoms with Crippen LogP contribution in [0.2, 0.25) is 0 Å².